The van der Waals surface area contributed by atoms with Gasteiger partial charge in [0.15, 0.2) is 0 Å². The highest BCUT2D eigenvalue weighted by molar-refractivity contribution is 5.90. The Kier molecular flexibility index (Phi) is 6.81. The Labute approximate surface area is 196 Å². The lowest BCUT2D eigenvalue weighted by atomic mass is 9.98. The lowest BCUT2D eigenvalue weighted by molar-refractivity contribution is -0.143. The normalized spacial score (nSPS) is 17.5. The zero-order chi connectivity index (χ0) is 24.2. The summed E-state index contributed by atoms with van der Waals surface area (Å²) in [5.74, 6) is -3.20. The lowest BCUT2D eigenvalue weighted by Gasteiger charge is -2.25. The Morgan fingerprint density at radius 3 is 2.21 bits per heavy atom. The Hall–Kier alpha value is -3.88. The van der Waals surface area contributed by atoms with Crippen molar-refractivity contribution in [3.05, 3.63) is 59.7 Å². The molecular weight excluding hydrogens is 440 g/mol. The maximum atomic E-state index is 12.9. The number of carboxylic acid groups (broad SMARTS) is 2. The van der Waals surface area contributed by atoms with Crippen molar-refractivity contribution in [2.45, 2.75) is 43.7 Å². The standard InChI is InChI=1S/C25H26N2O7/c28-22(29)12-11-20(24(31)32)26-23(30)21-10-5-13-27(21)25(33)34-14-19-17-8-3-1-6-15(17)16-7-2-4-9-18(16)19/h1-4,6-9,19-21H,5,10-14H2,(H,26,30)(H,28,29)(H,31,32)/t20-,21-/m0/s1. The predicted octanol–water partition coefficient (Wildman–Crippen LogP) is 2.83. The molecule has 0 unspecified atom stereocenters. The predicted molar refractivity (Wildman–Crippen MR) is 121 cm³/mol. The third-order valence-electron chi connectivity index (χ3n) is 6.39. The second-order valence-corrected chi connectivity index (χ2v) is 8.49. The van der Waals surface area contributed by atoms with Crippen LogP contribution in [0.1, 0.15) is 42.7 Å². The Bertz CT molecular complexity index is 1070. The number of nitrogens with one attached hydrogen (secondary N) is 1. The number of aliphatic carboxylic acids is 2. The number of hydrogen-bond acceptors (Lipinski definition) is 5. The van der Waals surface area contributed by atoms with Gasteiger partial charge in [-0.25, -0.2) is 9.59 Å². The molecule has 1 saturated heterocycles. The van der Waals surface area contributed by atoms with Crippen LogP contribution in [0.4, 0.5) is 4.79 Å². The number of ether oxygens (including phenoxy) is 1. The molecule has 0 bridgehead atoms. The molecule has 2 amide bonds. The summed E-state index contributed by atoms with van der Waals surface area (Å²) < 4.78 is 5.65. The van der Waals surface area contributed by atoms with E-state index in [0.717, 1.165) is 22.3 Å². The van der Waals surface area contributed by atoms with Gasteiger partial charge in [0, 0.05) is 18.9 Å². The molecular formula is C25H26N2O7. The van der Waals surface area contributed by atoms with E-state index in [1.54, 1.807) is 0 Å². The number of amides is 2. The second-order valence-electron chi connectivity index (χ2n) is 8.49. The second kappa shape index (κ2) is 9.94. The molecule has 2 aliphatic rings. The van der Waals surface area contributed by atoms with E-state index in [4.69, 9.17) is 9.84 Å². The number of carbonyl (C=O) groups is 4. The topological polar surface area (TPSA) is 133 Å². The van der Waals surface area contributed by atoms with E-state index in [1.165, 1.54) is 4.90 Å². The molecule has 0 spiro atoms. The van der Waals surface area contributed by atoms with Gasteiger partial charge in [0.25, 0.3) is 0 Å². The minimum atomic E-state index is -1.34. The van der Waals surface area contributed by atoms with E-state index in [1.807, 2.05) is 48.5 Å². The molecule has 1 heterocycles. The molecule has 2 aromatic rings. The number of likely N-dealkylation sites (tertiary alicyclic amines) is 1. The van der Waals surface area contributed by atoms with Crippen LogP contribution in [-0.2, 0) is 19.1 Å². The van der Waals surface area contributed by atoms with Gasteiger partial charge < -0.3 is 20.3 Å². The number of carboxylic acids is 2. The summed E-state index contributed by atoms with van der Waals surface area (Å²) in [6, 6.07) is 13.8. The van der Waals surface area contributed by atoms with Gasteiger partial charge in [-0.05, 0) is 41.5 Å². The summed E-state index contributed by atoms with van der Waals surface area (Å²) >= 11 is 0. The van der Waals surface area contributed by atoms with Gasteiger partial charge in [-0.2, -0.15) is 0 Å². The van der Waals surface area contributed by atoms with Crippen molar-refractivity contribution in [1.82, 2.24) is 10.2 Å². The summed E-state index contributed by atoms with van der Waals surface area (Å²) in [4.78, 5) is 49.1. The Morgan fingerprint density at radius 2 is 1.62 bits per heavy atom. The number of nitrogens with zero attached hydrogens (tertiary/aromatic N) is 1. The highest BCUT2D eigenvalue weighted by Crippen LogP contribution is 2.44. The maximum absolute atomic E-state index is 12.9. The monoisotopic (exact) mass is 466 g/mol. The zero-order valence-corrected chi connectivity index (χ0v) is 18.5. The first-order chi connectivity index (χ1) is 16.4. The molecule has 3 N–H and O–H groups in total. The highest BCUT2D eigenvalue weighted by atomic mass is 16.6. The van der Waals surface area contributed by atoms with Crippen LogP contribution in [0.2, 0.25) is 0 Å². The van der Waals surface area contributed by atoms with Crippen LogP contribution in [0, 0.1) is 0 Å². The fourth-order valence-electron chi connectivity index (χ4n) is 4.73. The largest absolute Gasteiger partial charge is 0.481 e. The van der Waals surface area contributed by atoms with Crippen LogP contribution < -0.4 is 5.32 Å². The zero-order valence-electron chi connectivity index (χ0n) is 18.5. The van der Waals surface area contributed by atoms with E-state index in [9.17, 15) is 24.3 Å². The molecule has 9 nitrogen and oxygen atoms in total. The molecule has 0 radical (unpaired) electrons. The number of carbonyl (C=O) groups excluding carboxylic acids is 2. The molecule has 34 heavy (non-hydrogen) atoms. The van der Waals surface area contributed by atoms with Crippen molar-refractivity contribution >= 4 is 23.9 Å². The fourth-order valence-corrected chi connectivity index (χ4v) is 4.73. The van der Waals surface area contributed by atoms with Crippen LogP contribution in [-0.4, -0.2) is 64.3 Å². The average Bonchev–Trinajstić information content (AvgIpc) is 3.43. The van der Waals surface area contributed by atoms with Crippen molar-refractivity contribution in [2.75, 3.05) is 13.2 Å². The summed E-state index contributed by atoms with van der Waals surface area (Å²) in [6.45, 7) is 0.440. The third kappa shape index (κ3) is 4.73. The molecule has 2 aromatic carbocycles. The smallest absolute Gasteiger partial charge is 0.410 e. The molecule has 0 saturated carbocycles. The van der Waals surface area contributed by atoms with Gasteiger partial charge in [-0.15, -0.1) is 0 Å². The average molecular weight is 466 g/mol. The quantitative estimate of drug-likeness (QED) is 0.545. The van der Waals surface area contributed by atoms with Crippen LogP contribution in [0.3, 0.4) is 0 Å². The van der Waals surface area contributed by atoms with E-state index in [-0.39, 0.29) is 18.9 Å². The van der Waals surface area contributed by atoms with Crippen molar-refractivity contribution < 1.29 is 34.1 Å². The summed E-state index contributed by atoms with van der Waals surface area (Å²) in [7, 11) is 0. The molecule has 4 rings (SSSR count). The van der Waals surface area contributed by atoms with Crippen LogP contribution >= 0.6 is 0 Å². The van der Waals surface area contributed by atoms with Crippen LogP contribution in [0.5, 0.6) is 0 Å². The van der Waals surface area contributed by atoms with Crippen molar-refractivity contribution in [2.24, 2.45) is 0 Å². The number of benzene rings is 2. The first-order valence-electron chi connectivity index (χ1n) is 11.2. The Morgan fingerprint density at radius 1 is 1.00 bits per heavy atom. The van der Waals surface area contributed by atoms with Gasteiger partial charge in [-0.3, -0.25) is 14.5 Å². The molecule has 1 aliphatic heterocycles. The minimum Gasteiger partial charge on any atom is -0.481 e. The summed E-state index contributed by atoms with van der Waals surface area (Å²) in [6.07, 6.45) is -0.306. The van der Waals surface area contributed by atoms with E-state index in [0.29, 0.717) is 19.4 Å². The van der Waals surface area contributed by atoms with E-state index in [2.05, 4.69) is 5.32 Å². The minimum absolute atomic E-state index is 0.112. The molecule has 178 valence electrons. The summed E-state index contributed by atoms with van der Waals surface area (Å²) in [5, 5.41) is 20.5. The van der Waals surface area contributed by atoms with E-state index >= 15 is 0 Å². The molecule has 0 aromatic heterocycles. The van der Waals surface area contributed by atoms with Gasteiger partial charge in [0.05, 0.1) is 0 Å². The molecule has 9 heteroatoms. The number of hydrogen-bond donors (Lipinski definition) is 3. The van der Waals surface area contributed by atoms with Gasteiger partial charge in [0.2, 0.25) is 5.91 Å². The van der Waals surface area contributed by atoms with Crippen LogP contribution in [0.15, 0.2) is 48.5 Å². The van der Waals surface area contributed by atoms with Gasteiger partial charge >= 0.3 is 18.0 Å². The molecule has 1 aliphatic carbocycles. The third-order valence-corrected chi connectivity index (χ3v) is 6.39. The van der Waals surface area contributed by atoms with Gasteiger partial charge in [-0.1, -0.05) is 48.5 Å². The fraction of sp³-hybridized carbons (Fsp3) is 0.360. The van der Waals surface area contributed by atoms with E-state index < -0.39 is 42.4 Å². The Balaban J connectivity index is 1.41. The lowest BCUT2D eigenvalue weighted by Crippen LogP contribution is -2.51. The summed E-state index contributed by atoms with van der Waals surface area (Å²) in [5.41, 5.74) is 4.38. The highest BCUT2D eigenvalue weighted by Gasteiger charge is 2.38. The van der Waals surface area contributed by atoms with Gasteiger partial charge in [0.1, 0.15) is 18.7 Å². The van der Waals surface area contributed by atoms with Crippen molar-refractivity contribution in [3.8, 4) is 11.1 Å². The number of rotatable bonds is 8. The first kappa shape index (κ1) is 23.3. The van der Waals surface area contributed by atoms with Crippen LogP contribution in [0.25, 0.3) is 11.1 Å². The molecule has 2 atom stereocenters. The van der Waals surface area contributed by atoms with Crippen molar-refractivity contribution in [1.29, 1.82) is 0 Å². The maximum Gasteiger partial charge on any atom is 0.410 e. The molecule has 1 fully saturated rings. The van der Waals surface area contributed by atoms with Crippen molar-refractivity contribution in [3.63, 3.8) is 0 Å². The SMILES string of the molecule is O=C(O)CC[C@H](NC(=O)[C@@H]1CCCN1C(=O)OCC1c2ccccc2-c2ccccc21)C(=O)O. The first-order valence-corrected chi connectivity index (χ1v) is 11.2. The number of fused-ring (bicyclic) bond motifs is 3.